The number of carbonyl (C=O) groups excluding carboxylic acids is 1. The SMILES string of the molecule is O=C(Nc1cc(F)ccc1F)c1ccccc1S(=O)(=O)N1CCCCC1. The van der Waals surface area contributed by atoms with Gasteiger partial charge in [-0.1, -0.05) is 18.6 Å². The van der Waals surface area contributed by atoms with Crippen LogP contribution in [0.1, 0.15) is 29.6 Å². The third-order valence-corrected chi connectivity index (χ3v) is 6.20. The van der Waals surface area contributed by atoms with Crippen LogP contribution in [0.25, 0.3) is 0 Å². The van der Waals surface area contributed by atoms with Crippen LogP contribution in [0.3, 0.4) is 0 Å². The fraction of sp³-hybridized carbons (Fsp3) is 0.278. The number of hydrogen-bond donors (Lipinski definition) is 1. The van der Waals surface area contributed by atoms with Crippen LogP contribution in [0.4, 0.5) is 14.5 Å². The molecule has 0 aliphatic carbocycles. The van der Waals surface area contributed by atoms with Crippen molar-refractivity contribution in [3.05, 3.63) is 59.7 Å². The maximum Gasteiger partial charge on any atom is 0.257 e. The first-order valence-corrected chi connectivity index (χ1v) is 9.69. The number of halogens is 2. The molecule has 8 heteroatoms. The quantitative estimate of drug-likeness (QED) is 0.884. The summed E-state index contributed by atoms with van der Waals surface area (Å²) in [5.74, 6) is -2.34. The van der Waals surface area contributed by atoms with E-state index in [1.165, 1.54) is 28.6 Å². The van der Waals surface area contributed by atoms with Gasteiger partial charge in [-0.2, -0.15) is 4.31 Å². The highest BCUT2D eigenvalue weighted by atomic mass is 32.2. The lowest BCUT2D eigenvalue weighted by atomic mass is 10.2. The minimum Gasteiger partial charge on any atom is -0.319 e. The molecule has 1 aliphatic heterocycles. The monoisotopic (exact) mass is 380 g/mol. The molecular formula is C18H18F2N2O3S. The second kappa shape index (κ2) is 7.51. The van der Waals surface area contributed by atoms with Gasteiger partial charge >= 0.3 is 0 Å². The normalized spacial score (nSPS) is 15.6. The topological polar surface area (TPSA) is 66.5 Å². The van der Waals surface area contributed by atoms with E-state index in [2.05, 4.69) is 5.32 Å². The van der Waals surface area contributed by atoms with E-state index < -0.39 is 27.6 Å². The van der Waals surface area contributed by atoms with Crippen molar-refractivity contribution in [3.8, 4) is 0 Å². The van der Waals surface area contributed by atoms with Crippen molar-refractivity contribution in [2.45, 2.75) is 24.2 Å². The standard InChI is InChI=1S/C18H18F2N2O3S/c19-13-8-9-15(20)16(12-13)21-18(23)14-6-2-3-7-17(14)26(24,25)22-10-4-1-5-11-22/h2-3,6-9,12H,1,4-5,10-11H2,(H,21,23). The fourth-order valence-corrected chi connectivity index (χ4v) is 4.61. The molecule has 0 bridgehead atoms. The highest BCUT2D eigenvalue weighted by molar-refractivity contribution is 7.89. The van der Waals surface area contributed by atoms with Crippen molar-refractivity contribution in [2.75, 3.05) is 18.4 Å². The van der Waals surface area contributed by atoms with E-state index in [1.807, 2.05) is 0 Å². The van der Waals surface area contributed by atoms with Crippen molar-refractivity contribution >= 4 is 21.6 Å². The minimum absolute atomic E-state index is 0.110. The molecule has 3 rings (SSSR count). The molecule has 0 unspecified atom stereocenters. The van der Waals surface area contributed by atoms with Gasteiger partial charge in [0.05, 0.1) is 16.1 Å². The summed E-state index contributed by atoms with van der Waals surface area (Å²) in [6, 6.07) is 8.41. The first-order chi connectivity index (χ1) is 12.4. The van der Waals surface area contributed by atoms with Gasteiger partial charge in [0, 0.05) is 19.2 Å². The molecule has 1 fully saturated rings. The van der Waals surface area contributed by atoms with Crippen molar-refractivity contribution in [3.63, 3.8) is 0 Å². The molecule has 1 heterocycles. The summed E-state index contributed by atoms with van der Waals surface area (Å²) < 4.78 is 54.2. The zero-order valence-electron chi connectivity index (χ0n) is 13.9. The first-order valence-electron chi connectivity index (χ1n) is 8.25. The van der Waals surface area contributed by atoms with Gasteiger partial charge in [-0.25, -0.2) is 17.2 Å². The largest absolute Gasteiger partial charge is 0.319 e. The van der Waals surface area contributed by atoms with Crippen LogP contribution in [-0.4, -0.2) is 31.7 Å². The number of piperidine rings is 1. The van der Waals surface area contributed by atoms with Crippen LogP contribution >= 0.6 is 0 Å². The number of rotatable bonds is 4. The Bertz CT molecular complexity index is 926. The van der Waals surface area contributed by atoms with E-state index in [0.29, 0.717) is 13.1 Å². The highest BCUT2D eigenvalue weighted by Gasteiger charge is 2.29. The van der Waals surface area contributed by atoms with Gasteiger partial charge < -0.3 is 5.32 Å². The Morgan fingerprint density at radius 1 is 1.00 bits per heavy atom. The van der Waals surface area contributed by atoms with E-state index in [1.54, 1.807) is 0 Å². The van der Waals surface area contributed by atoms with E-state index in [0.717, 1.165) is 37.5 Å². The molecule has 0 atom stereocenters. The lowest BCUT2D eigenvalue weighted by Gasteiger charge is -2.26. The Labute approximate surface area is 150 Å². The number of hydrogen-bond acceptors (Lipinski definition) is 3. The van der Waals surface area contributed by atoms with E-state index in [-0.39, 0.29) is 16.1 Å². The maximum absolute atomic E-state index is 13.8. The molecule has 2 aromatic carbocycles. The van der Waals surface area contributed by atoms with Crippen LogP contribution in [-0.2, 0) is 10.0 Å². The molecule has 0 radical (unpaired) electrons. The Kier molecular flexibility index (Phi) is 5.33. The van der Waals surface area contributed by atoms with Crippen molar-refractivity contribution in [1.82, 2.24) is 4.31 Å². The van der Waals surface area contributed by atoms with E-state index in [4.69, 9.17) is 0 Å². The minimum atomic E-state index is -3.84. The molecule has 1 saturated heterocycles. The van der Waals surface area contributed by atoms with Crippen molar-refractivity contribution in [1.29, 1.82) is 0 Å². The zero-order chi connectivity index (χ0) is 18.7. The van der Waals surface area contributed by atoms with Gasteiger partial charge in [0.25, 0.3) is 5.91 Å². The Balaban J connectivity index is 1.94. The molecule has 1 amide bonds. The molecule has 0 saturated carbocycles. The maximum atomic E-state index is 13.8. The van der Waals surface area contributed by atoms with Gasteiger partial charge in [-0.15, -0.1) is 0 Å². The molecule has 1 N–H and O–H groups in total. The van der Waals surface area contributed by atoms with Crippen LogP contribution in [0, 0.1) is 11.6 Å². The van der Waals surface area contributed by atoms with Gasteiger partial charge in [0.15, 0.2) is 0 Å². The van der Waals surface area contributed by atoms with Gasteiger partial charge in [0.1, 0.15) is 11.6 Å². The van der Waals surface area contributed by atoms with Crippen molar-refractivity contribution < 1.29 is 22.0 Å². The fourth-order valence-electron chi connectivity index (χ4n) is 2.91. The number of nitrogens with one attached hydrogen (secondary N) is 1. The third kappa shape index (κ3) is 3.76. The summed E-state index contributed by atoms with van der Waals surface area (Å²) in [5, 5.41) is 2.25. The van der Waals surface area contributed by atoms with Crippen LogP contribution in [0.2, 0.25) is 0 Å². The first kappa shape index (κ1) is 18.5. The Morgan fingerprint density at radius 3 is 2.42 bits per heavy atom. The number of benzene rings is 2. The Morgan fingerprint density at radius 2 is 1.69 bits per heavy atom. The molecule has 138 valence electrons. The van der Waals surface area contributed by atoms with Gasteiger partial charge in [-0.05, 0) is 37.1 Å². The second-order valence-electron chi connectivity index (χ2n) is 6.04. The summed E-state index contributed by atoms with van der Waals surface area (Å²) in [6.45, 7) is 0.799. The van der Waals surface area contributed by atoms with Crippen molar-refractivity contribution in [2.24, 2.45) is 0 Å². The molecule has 5 nitrogen and oxygen atoms in total. The number of carbonyl (C=O) groups is 1. The molecular weight excluding hydrogens is 362 g/mol. The number of nitrogens with zero attached hydrogens (tertiary/aromatic N) is 1. The predicted octanol–water partition coefficient (Wildman–Crippen LogP) is 3.39. The number of sulfonamides is 1. The summed E-state index contributed by atoms with van der Waals surface area (Å²) in [6.07, 6.45) is 2.50. The summed E-state index contributed by atoms with van der Waals surface area (Å²) in [5.41, 5.74) is -0.457. The Hall–Kier alpha value is -2.32. The van der Waals surface area contributed by atoms with Crippen LogP contribution in [0.15, 0.2) is 47.4 Å². The smallest absolute Gasteiger partial charge is 0.257 e. The highest BCUT2D eigenvalue weighted by Crippen LogP contribution is 2.25. The lowest BCUT2D eigenvalue weighted by Crippen LogP contribution is -2.36. The van der Waals surface area contributed by atoms with E-state index >= 15 is 0 Å². The molecule has 0 aromatic heterocycles. The zero-order valence-corrected chi connectivity index (χ0v) is 14.7. The van der Waals surface area contributed by atoms with Gasteiger partial charge in [0.2, 0.25) is 10.0 Å². The molecule has 2 aromatic rings. The summed E-state index contributed by atoms with van der Waals surface area (Å²) in [7, 11) is -3.84. The summed E-state index contributed by atoms with van der Waals surface area (Å²) >= 11 is 0. The van der Waals surface area contributed by atoms with Gasteiger partial charge in [-0.3, -0.25) is 4.79 Å². The number of anilines is 1. The molecule has 0 spiro atoms. The molecule has 26 heavy (non-hydrogen) atoms. The van der Waals surface area contributed by atoms with Crippen LogP contribution < -0.4 is 5.32 Å². The average molecular weight is 380 g/mol. The van der Waals surface area contributed by atoms with E-state index in [9.17, 15) is 22.0 Å². The average Bonchev–Trinajstić information content (AvgIpc) is 2.65. The van der Waals surface area contributed by atoms with Crippen LogP contribution in [0.5, 0.6) is 0 Å². The third-order valence-electron chi connectivity index (χ3n) is 4.24. The second-order valence-corrected chi connectivity index (χ2v) is 7.95. The predicted molar refractivity (Wildman–Crippen MR) is 93.4 cm³/mol. The lowest BCUT2D eigenvalue weighted by molar-refractivity contribution is 0.102. The molecule has 1 aliphatic rings. The summed E-state index contributed by atoms with van der Waals surface area (Å²) in [4.78, 5) is 12.4. The number of amides is 1.